The second kappa shape index (κ2) is 10.9. The van der Waals surface area contributed by atoms with Gasteiger partial charge in [0.1, 0.15) is 16.9 Å². The maximum atomic E-state index is 13.6. The fraction of sp³-hybridized carbons (Fsp3) is 0.684. The topological polar surface area (TPSA) is 72.2 Å². The van der Waals surface area contributed by atoms with Crippen molar-refractivity contribution < 1.29 is 17.2 Å². The highest BCUT2D eigenvalue weighted by atomic mass is 32.2. The van der Waals surface area contributed by atoms with E-state index in [1.54, 1.807) is 0 Å². The number of sulfone groups is 1. The predicted octanol–water partition coefficient (Wildman–Crippen LogP) is 3.57. The summed E-state index contributed by atoms with van der Waals surface area (Å²) in [4.78, 5) is 0. The highest BCUT2D eigenvalue weighted by Gasteiger charge is 2.33. The van der Waals surface area contributed by atoms with Crippen molar-refractivity contribution in [3.8, 4) is 0 Å². The Kier molecular flexibility index (Phi) is 9.68. The van der Waals surface area contributed by atoms with E-state index in [-0.39, 0.29) is 11.3 Å². The van der Waals surface area contributed by atoms with Gasteiger partial charge >= 0.3 is 0 Å². The van der Waals surface area contributed by atoms with Crippen molar-refractivity contribution in [2.45, 2.75) is 57.7 Å². The summed E-state index contributed by atoms with van der Waals surface area (Å²) >= 11 is 0. The monoisotopic (exact) mass is 390 g/mol. The third-order valence-electron chi connectivity index (χ3n) is 4.32. The van der Waals surface area contributed by atoms with Crippen molar-refractivity contribution in [3.63, 3.8) is 0 Å². The van der Waals surface area contributed by atoms with Crippen LogP contribution in [0.2, 0.25) is 0 Å². The van der Waals surface area contributed by atoms with Gasteiger partial charge in [0, 0.05) is 12.1 Å². The van der Waals surface area contributed by atoms with Crippen molar-refractivity contribution >= 4 is 9.84 Å². The molecule has 26 heavy (non-hydrogen) atoms. The molecule has 2 atom stereocenters. The van der Waals surface area contributed by atoms with Gasteiger partial charge in [0.2, 0.25) is 0 Å². The molecule has 1 aromatic rings. The summed E-state index contributed by atoms with van der Waals surface area (Å²) in [5, 5.41) is 2.14. The number of hydrogen-bond donors (Lipinski definition) is 2. The van der Waals surface area contributed by atoms with Crippen molar-refractivity contribution in [1.82, 2.24) is 5.32 Å². The average Bonchev–Trinajstić information content (AvgIpc) is 2.51. The Morgan fingerprint density at radius 2 is 1.65 bits per heavy atom. The van der Waals surface area contributed by atoms with Gasteiger partial charge < -0.3 is 11.1 Å². The maximum absolute atomic E-state index is 13.6. The molecule has 0 spiro atoms. The van der Waals surface area contributed by atoms with Crippen molar-refractivity contribution in [2.24, 2.45) is 11.7 Å². The summed E-state index contributed by atoms with van der Waals surface area (Å²) in [6.07, 6.45) is 2.64. The fourth-order valence-corrected chi connectivity index (χ4v) is 5.03. The van der Waals surface area contributed by atoms with Crippen LogP contribution in [-0.2, 0) is 9.84 Å². The minimum Gasteiger partial charge on any atom is -0.326 e. The SMILES string of the molecule is CCCCS(=O)(=O)C(c1cc(F)cc(F)c1)[C@@H](N)CCNCCC(C)C. The summed E-state index contributed by atoms with van der Waals surface area (Å²) in [5.41, 5.74) is 6.28. The standard InChI is InChI=1S/C19H32F2N2O2S/c1-4-5-10-26(24,25)19(15-11-16(20)13-17(21)12-15)18(22)7-9-23-8-6-14(2)3/h11-14,18-19,23H,4-10,22H2,1-3H3/t18-,19?/m0/s1. The van der Waals surface area contributed by atoms with Crippen LogP contribution in [0.25, 0.3) is 0 Å². The summed E-state index contributed by atoms with van der Waals surface area (Å²) < 4.78 is 52.8. The Morgan fingerprint density at radius 1 is 1.08 bits per heavy atom. The minimum atomic E-state index is -3.61. The number of rotatable bonds is 12. The molecule has 1 unspecified atom stereocenters. The molecule has 1 rings (SSSR count). The van der Waals surface area contributed by atoms with Crippen LogP contribution < -0.4 is 11.1 Å². The Balaban J connectivity index is 2.93. The Bertz CT molecular complexity index is 631. The van der Waals surface area contributed by atoms with Gasteiger partial charge in [-0.15, -0.1) is 0 Å². The van der Waals surface area contributed by atoms with Gasteiger partial charge in [-0.3, -0.25) is 0 Å². The van der Waals surface area contributed by atoms with Crippen molar-refractivity contribution in [2.75, 3.05) is 18.8 Å². The van der Waals surface area contributed by atoms with Crippen LogP contribution in [0.4, 0.5) is 8.78 Å². The lowest BCUT2D eigenvalue weighted by Gasteiger charge is -2.25. The molecule has 7 heteroatoms. The third kappa shape index (κ3) is 7.68. The molecule has 0 aliphatic carbocycles. The van der Waals surface area contributed by atoms with E-state index in [4.69, 9.17) is 5.73 Å². The number of nitrogens with one attached hydrogen (secondary N) is 1. The van der Waals surface area contributed by atoms with Crippen LogP contribution in [0.3, 0.4) is 0 Å². The van der Waals surface area contributed by atoms with E-state index in [9.17, 15) is 17.2 Å². The highest BCUT2D eigenvalue weighted by Crippen LogP contribution is 2.29. The zero-order valence-electron chi connectivity index (χ0n) is 16.0. The molecular weight excluding hydrogens is 358 g/mol. The van der Waals surface area contributed by atoms with E-state index in [2.05, 4.69) is 19.2 Å². The lowest BCUT2D eigenvalue weighted by atomic mass is 10.0. The van der Waals surface area contributed by atoms with Gasteiger partial charge in [0.15, 0.2) is 9.84 Å². The van der Waals surface area contributed by atoms with Crippen LogP contribution in [0, 0.1) is 17.6 Å². The first-order chi connectivity index (χ1) is 12.2. The molecule has 0 amide bonds. The quantitative estimate of drug-likeness (QED) is 0.535. The van der Waals surface area contributed by atoms with Crippen LogP contribution in [0.1, 0.15) is 57.3 Å². The second-order valence-corrected chi connectivity index (χ2v) is 9.47. The molecule has 0 aliphatic rings. The first kappa shape index (κ1) is 23.0. The molecule has 150 valence electrons. The van der Waals surface area contributed by atoms with E-state index < -0.39 is 32.8 Å². The normalized spacial score (nSPS) is 14.6. The van der Waals surface area contributed by atoms with E-state index in [0.717, 1.165) is 37.6 Å². The molecule has 0 aliphatic heterocycles. The highest BCUT2D eigenvalue weighted by molar-refractivity contribution is 7.91. The van der Waals surface area contributed by atoms with Crippen LogP contribution in [0.15, 0.2) is 18.2 Å². The van der Waals surface area contributed by atoms with Crippen LogP contribution in [-0.4, -0.2) is 33.3 Å². The molecular formula is C19H32F2N2O2S. The molecule has 3 N–H and O–H groups in total. The summed E-state index contributed by atoms with van der Waals surface area (Å²) in [6.45, 7) is 7.53. The lowest BCUT2D eigenvalue weighted by molar-refractivity contribution is 0.492. The number of nitrogens with two attached hydrogens (primary N) is 1. The molecule has 1 aromatic carbocycles. The van der Waals surface area contributed by atoms with Gasteiger partial charge in [0.05, 0.1) is 5.75 Å². The Labute approximate surface area is 156 Å². The number of hydrogen-bond acceptors (Lipinski definition) is 4. The number of benzene rings is 1. The Morgan fingerprint density at radius 3 is 2.19 bits per heavy atom. The molecule has 0 aromatic heterocycles. The van der Waals surface area contributed by atoms with E-state index in [1.807, 2.05) is 6.92 Å². The number of halogens is 2. The lowest BCUT2D eigenvalue weighted by Crippen LogP contribution is -2.37. The zero-order chi connectivity index (χ0) is 19.7. The van der Waals surface area contributed by atoms with Gasteiger partial charge in [-0.2, -0.15) is 0 Å². The van der Waals surface area contributed by atoms with Gasteiger partial charge in [-0.05, 0) is 56.0 Å². The third-order valence-corrected chi connectivity index (χ3v) is 6.58. The average molecular weight is 391 g/mol. The molecule has 0 heterocycles. The zero-order valence-corrected chi connectivity index (χ0v) is 16.8. The van der Waals surface area contributed by atoms with Gasteiger partial charge in [0.25, 0.3) is 0 Å². The molecule has 0 fully saturated rings. The molecule has 0 saturated heterocycles. The van der Waals surface area contributed by atoms with E-state index in [0.29, 0.717) is 25.3 Å². The second-order valence-electron chi connectivity index (χ2n) is 7.23. The van der Waals surface area contributed by atoms with Crippen molar-refractivity contribution in [3.05, 3.63) is 35.4 Å². The largest absolute Gasteiger partial charge is 0.326 e. The van der Waals surface area contributed by atoms with Crippen LogP contribution >= 0.6 is 0 Å². The smallest absolute Gasteiger partial charge is 0.158 e. The van der Waals surface area contributed by atoms with Gasteiger partial charge in [-0.1, -0.05) is 27.2 Å². The van der Waals surface area contributed by atoms with Crippen molar-refractivity contribution in [1.29, 1.82) is 0 Å². The molecule has 0 saturated carbocycles. The first-order valence-corrected chi connectivity index (χ1v) is 11.0. The van der Waals surface area contributed by atoms with E-state index >= 15 is 0 Å². The fourth-order valence-electron chi connectivity index (χ4n) is 2.87. The minimum absolute atomic E-state index is 0.0409. The van der Waals surface area contributed by atoms with Crippen LogP contribution in [0.5, 0.6) is 0 Å². The molecule has 0 bridgehead atoms. The van der Waals surface area contributed by atoms with Gasteiger partial charge in [-0.25, -0.2) is 17.2 Å². The molecule has 0 radical (unpaired) electrons. The summed E-state index contributed by atoms with van der Waals surface area (Å²) in [5.74, 6) is -1.05. The number of unbranched alkanes of at least 4 members (excludes halogenated alkanes) is 1. The predicted molar refractivity (Wildman–Crippen MR) is 103 cm³/mol. The first-order valence-electron chi connectivity index (χ1n) is 9.31. The molecule has 4 nitrogen and oxygen atoms in total. The van der Waals surface area contributed by atoms with E-state index in [1.165, 1.54) is 0 Å². The maximum Gasteiger partial charge on any atom is 0.158 e. The summed E-state index contributed by atoms with van der Waals surface area (Å²) in [6, 6.07) is 2.15. The summed E-state index contributed by atoms with van der Waals surface area (Å²) in [7, 11) is -3.61. The Hall–Kier alpha value is -1.05.